The second-order valence-electron chi connectivity index (χ2n) is 6.83. The average Bonchev–Trinajstić information content (AvgIpc) is 3.13. The van der Waals surface area contributed by atoms with Crippen LogP contribution >= 0.6 is 0 Å². The molecule has 8 heteroatoms. The van der Waals surface area contributed by atoms with Crippen LogP contribution in [0.1, 0.15) is 21.5 Å². The minimum absolute atomic E-state index is 0.192. The van der Waals surface area contributed by atoms with Crippen molar-refractivity contribution in [3.63, 3.8) is 0 Å². The van der Waals surface area contributed by atoms with Crippen molar-refractivity contribution in [2.24, 2.45) is 7.05 Å². The van der Waals surface area contributed by atoms with E-state index in [2.05, 4.69) is 15.7 Å². The fraction of sp³-hybridized carbons (Fsp3) is 0.227. The van der Waals surface area contributed by atoms with E-state index in [9.17, 15) is 9.59 Å². The molecule has 0 radical (unpaired) electrons. The number of carbonyl (C=O) groups excluding carboxylic acids is 2. The van der Waals surface area contributed by atoms with Gasteiger partial charge >= 0.3 is 0 Å². The molecular weight excluding hydrogens is 384 g/mol. The second-order valence-corrected chi connectivity index (χ2v) is 6.83. The summed E-state index contributed by atoms with van der Waals surface area (Å²) in [7, 11) is 4.70. The molecule has 30 heavy (non-hydrogen) atoms. The van der Waals surface area contributed by atoms with Crippen LogP contribution in [0.5, 0.6) is 11.5 Å². The summed E-state index contributed by atoms with van der Waals surface area (Å²) in [5, 5.41) is 9.61. The van der Waals surface area contributed by atoms with Gasteiger partial charge in [0.15, 0.2) is 11.5 Å². The lowest BCUT2D eigenvalue weighted by Crippen LogP contribution is -2.17. The van der Waals surface area contributed by atoms with Gasteiger partial charge in [-0.25, -0.2) is 0 Å². The molecule has 156 valence electrons. The van der Waals surface area contributed by atoms with E-state index in [0.717, 1.165) is 11.1 Å². The molecule has 0 saturated heterocycles. The summed E-state index contributed by atoms with van der Waals surface area (Å²) < 4.78 is 12.4. The number of hydrogen-bond donors (Lipinski definition) is 2. The second kappa shape index (κ2) is 9.13. The van der Waals surface area contributed by atoms with E-state index in [1.54, 1.807) is 36.3 Å². The molecule has 0 fully saturated rings. The predicted molar refractivity (Wildman–Crippen MR) is 114 cm³/mol. The van der Waals surface area contributed by atoms with Crippen molar-refractivity contribution in [3.05, 3.63) is 65.5 Å². The highest BCUT2D eigenvalue weighted by atomic mass is 16.5. The highest BCUT2D eigenvalue weighted by Crippen LogP contribution is 2.37. The molecule has 2 amide bonds. The Hall–Kier alpha value is -3.81. The number of nitrogens with zero attached hydrogens (tertiary/aromatic N) is 2. The quantitative estimate of drug-likeness (QED) is 0.626. The van der Waals surface area contributed by atoms with E-state index in [0.29, 0.717) is 28.4 Å². The van der Waals surface area contributed by atoms with Gasteiger partial charge in [-0.1, -0.05) is 29.8 Å². The minimum atomic E-state index is -0.363. The Labute approximate surface area is 174 Å². The van der Waals surface area contributed by atoms with Gasteiger partial charge in [-0.3, -0.25) is 14.3 Å². The largest absolute Gasteiger partial charge is 0.493 e. The number of rotatable bonds is 7. The molecule has 1 heterocycles. The molecule has 0 aliphatic rings. The van der Waals surface area contributed by atoms with Crippen molar-refractivity contribution in [2.45, 2.75) is 13.3 Å². The molecule has 0 unspecified atom stereocenters. The Kier molecular flexibility index (Phi) is 6.36. The van der Waals surface area contributed by atoms with Crippen LogP contribution in [0.2, 0.25) is 0 Å². The molecule has 3 aromatic rings. The van der Waals surface area contributed by atoms with Gasteiger partial charge in [-0.2, -0.15) is 5.10 Å². The van der Waals surface area contributed by atoms with Crippen LogP contribution in [0.4, 0.5) is 11.4 Å². The van der Waals surface area contributed by atoms with E-state index in [-0.39, 0.29) is 18.2 Å². The van der Waals surface area contributed by atoms with E-state index in [1.807, 2.05) is 31.2 Å². The molecule has 0 atom stereocenters. The van der Waals surface area contributed by atoms with Crippen LogP contribution in [-0.2, 0) is 18.3 Å². The maximum absolute atomic E-state index is 12.7. The van der Waals surface area contributed by atoms with Crippen LogP contribution in [-0.4, -0.2) is 35.8 Å². The molecule has 3 rings (SSSR count). The first-order valence-corrected chi connectivity index (χ1v) is 9.31. The molecule has 1 aromatic heterocycles. The van der Waals surface area contributed by atoms with Crippen LogP contribution in [0.3, 0.4) is 0 Å². The number of ether oxygens (including phenoxy) is 2. The lowest BCUT2D eigenvalue weighted by atomic mass is 10.1. The van der Waals surface area contributed by atoms with Gasteiger partial charge in [0.2, 0.25) is 5.91 Å². The number of amides is 2. The standard InChI is InChI=1S/C22H24N4O4/c1-14-5-7-15(8-6-14)9-20(27)25-18-10-16(11-19(29-3)21(18)30-4)22(28)24-17-12-23-26(2)13-17/h5-8,10-13H,9H2,1-4H3,(H,24,28)(H,25,27). The first kappa shape index (κ1) is 20.9. The van der Waals surface area contributed by atoms with Crippen molar-refractivity contribution in [1.29, 1.82) is 0 Å². The zero-order chi connectivity index (χ0) is 21.7. The normalized spacial score (nSPS) is 10.4. The Morgan fingerprint density at radius 1 is 1.07 bits per heavy atom. The number of nitrogens with one attached hydrogen (secondary N) is 2. The third kappa shape index (κ3) is 4.96. The zero-order valence-corrected chi connectivity index (χ0v) is 17.4. The summed E-state index contributed by atoms with van der Waals surface area (Å²) in [6.45, 7) is 1.99. The molecule has 0 bridgehead atoms. The topological polar surface area (TPSA) is 94.5 Å². The van der Waals surface area contributed by atoms with E-state index >= 15 is 0 Å². The van der Waals surface area contributed by atoms with Gasteiger partial charge in [-0.15, -0.1) is 0 Å². The molecule has 0 aliphatic heterocycles. The van der Waals surface area contributed by atoms with Gasteiger partial charge in [0, 0.05) is 18.8 Å². The zero-order valence-electron chi connectivity index (χ0n) is 17.4. The van der Waals surface area contributed by atoms with Crippen LogP contribution < -0.4 is 20.1 Å². The van der Waals surface area contributed by atoms with Gasteiger partial charge in [0.05, 0.1) is 38.2 Å². The molecule has 0 saturated carbocycles. The molecule has 8 nitrogen and oxygen atoms in total. The summed E-state index contributed by atoms with van der Waals surface area (Å²) in [6.07, 6.45) is 3.42. The molecule has 0 aliphatic carbocycles. The number of benzene rings is 2. The maximum Gasteiger partial charge on any atom is 0.255 e. The molecular formula is C22H24N4O4. The number of carbonyl (C=O) groups is 2. The van der Waals surface area contributed by atoms with Crippen LogP contribution in [0.25, 0.3) is 0 Å². The fourth-order valence-corrected chi connectivity index (χ4v) is 2.96. The van der Waals surface area contributed by atoms with Gasteiger partial charge in [0.1, 0.15) is 0 Å². The first-order chi connectivity index (χ1) is 14.4. The Morgan fingerprint density at radius 2 is 1.80 bits per heavy atom. The number of aryl methyl sites for hydroxylation is 2. The third-order valence-electron chi connectivity index (χ3n) is 4.46. The smallest absolute Gasteiger partial charge is 0.255 e. The monoisotopic (exact) mass is 408 g/mol. The highest BCUT2D eigenvalue weighted by Gasteiger charge is 2.18. The summed E-state index contributed by atoms with van der Waals surface area (Å²) in [5.41, 5.74) is 3.22. The van der Waals surface area contributed by atoms with Gasteiger partial charge < -0.3 is 20.1 Å². The van der Waals surface area contributed by atoms with Crippen LogP contribution in [0.15, 0.2) is 48.8 Å². The lowest BCUT2D eigenvalue weighted by molar-refractivity contribution is -0.115. The maximum atomic E-state index is 12.7. The SMILES string of the molecule is COc1cc(C(=O)Nc2cnn(C)c2)cc(NC(=O)Cc2ccc(C)cc2)c1OC. The lowest BCUT2D eigenvalue weighted by Gasteiger charge is -2.16. The highest BCUT2D eigenvalue weighted by molar-refractivity contribution is 6.06. The van der Waals surface area contributed by atoms with Crippen molar-refractivity contribution in [1.82, 2.24) is 9.78 Å². The van der Waals surface area contributed by atoms with E-state index in [4.69, 9.17) is 9.47 Å². The van der Waals surface area contributed by atoms with Crippen molar-refractivity contribution in [2.75, 3.05) is 24.9 Å². The third-order valence-corrected chi connectivity index (χ3v) is 4.46. The summed E-state index contributed by atoms with van der Waals surface area (Å²) >= 11 is 0. The number of anilines is 2. The van der Waals surface area contributed by atoms with Crippen molar-refractivity contribution < 1.29 is 19.1 Å². The summed E-state index contributed by atoms with van der Waals surface area (Å²) in [5.74, 6) is 0.0802. The summed E-state index contributed by atoms with van der Waals surface area (Å²) in [4.78, 5) is 25.3. The fourth-order valence-electron chi connectivity index (χ4n) is 2.96. The molecule has 2 N–H and O–H groups in total. The Bertz CT molecular complexity index is 1060. The van der Waals surface area contributed by atoms with Gasteiger partial charge in [-0.05, 0) is 24.6 Å². The number of aromatic nitrogens is 2. The Morgan fingerprint density at radius 3 is 2.40 bits per heavy atom. The average molecular weight is 408 g/mol. The number of hydrogen-bond acceptors (Lipinski definition) is 5. The molecule has 2 aromatic carbocycles. The van der Waals surface area contributed by atoms with Crippen molar-refractivity contribution in [3.8, 4) is 11.5 Å². The first-order valence-electron chi connectivity index (χ1n) is 9.31. The van der Waals surface area contributed by atoms with Crippen molar-refractivity contribution >= 4 is 23.2 Å². The minimum Gasteiger partial charge on any atom is -0.493 e. The van der Waals surface area contributed by atoms with E-state index in [1.165, 1.54) is 14.2 Å². The van der Waals surface area contributed by atoms with Gasteiger partial charge in [0.25, 0.3) is 5.91 Å². The predicted octanol–water partition coefficient (Wildman–Crippen LogP) is 3.18. The number of methoxy groups -OCH3 is 2. The van der Waals surface area contributed by atoms with E-state index < -0.39 is 0 Å². The molecule has 0 spiro atoms. The van der Waals surface area contributed by atoms with Crippen LogP contribution in [0, 0.1) is 6.92 Å². The summed E-state index contributed by atoms with van der Waals surface area (Å²) in [6, 6.07) is 10.8. The Balaban J connectivity index is 1.84.